The lowest BCUT2D eigenvalue weighted by Gasteiger charge is -2.29. The predicted octanol–water partition coefficient (Wildman–Crippen LogP) is 1.24. The van der Waals surface area contributed by atoms with Gasteiger partial charge in [-0.15, -0.1) is 0 Å². The molecule has 7 heteroatoms. The van der Waals surface area contributed by atoms with Crippen molar-refractivity contribution in [2.45, 2.75) is 20.3 Å². The van der Waals surface area contributed by atoms with Gasteiger partial charge in [0, 0.05) is 13.1 Å². The zero-order valence-corrected chi connectivity index (χ0v) is 14.2. The second kappa shape index (κ2) is 5.98. The van der Waals surface area contributed by atoms with Crippen molar-refractivity contribution in [2.75, 3.05) is 19.6 Å². The Morgan fingerprint density at radius 2 is 1.72 bits per heavy atom. The van der Waals surface area contributed by atoms with E-state index in [1.807, 2.05) is 13.8 Å². The molecule has 2 aliphatic heterocycles. The predicted molar refractivity (Wildman–Crippen MR) is 87.9 cm³/mol. The van der Waals surface area contributed by atoms with Gasteiger partial charge in [0.25, 0.3) is 11.8 Å². The molecule has 1 atom stereocenters. The molecule has 1 N–H and O–H groups in total. The standard InChI is InChI=1S/C18H20N2O5/c1-11(2)18(17(24)25)7-8-19(10-18)14(21)9-20-15(22)12-5-3-4-6-13(12)16(20)23/h3-6,11H,7-10H2,1-2H3,(H,24,25). The number of nitrogens with zero attached hydrogens (tertiary/aromatic N) is 2. The highest BCUT2D eigenvalue weighted by Gasteiger charge is 2.49. The third kappa shape index (κ3) is 2.59. The fourth-order valence-corrected chi connectivity index (χ4v) is 3.56. The summed E-state index contributed by atoms with van der Waals surface area (Å²) in [6.07, 6.45) is 0.369. The highest BCUT2D eigenvalue weighted by atomic mass is 16.4. The summed E-state index contributed by atoms with van der Waals surface area (Å²) in [6, 6.07) is 6.45. The summed E-state index contributed by atoms with van der Waals surface area (Å²) in [4.78, 5) is 51.3. The Balaban J connectivity index is 1.73. The van der Waals surface area contributed by atoms with Crippen LogP contribution < -0.4 is 0 Å². The average molecular weight is 344 g/mol. The lowest BCUT2D eigenvalue weighted by Crippen LogP contribution is -2.44. The molecule has 0 radical (unpaired) electrons. The van der Waals surface area contributed by atoms with Gasteiger partial charge in [-0.25, -0.2) is 0 Å². The van der Waals surface area contributed by atoms with Crippen LogP contribution in [0, 0.1) is 11.3 Å². The Bertz CT molecular complexity index is 737. The van der Waals surface area contributed by atoms with Gasteiger partial charge in [-0.1, -0.05) is 26.0 Å². The second-order valence-electron chi connectivity index (χ2n) is 6.92. The van der Waals surface area contributed by atoms with Crippen molar-refractivity contribution in [1.82, 2.24) is 9.80 Å². The van der Waals surface area contributed by atoms with Crippen LogP contribution in [0.25, 0.3) is 0 Å². The number of aliphatic carboxylic acids is 1. The zero-order valence-electron chi connectivity index (χ0n) is 14.2. The normalized spacial score (nSPS) is 22.7. The van der Waals surface area contributed by atoms with Crippen LogP contribution in [0.15, 0.2) is 24.3 Å². The molecular formula is C18H20N2O5. The Morgan fingerprint density at radius 3 is 2.16 bits per heavy atom. The lowest BCUT2D eigenvalue weighted by molar-refractivity contribution is -0.151. The number of carboxylic acids is 1. The molecule has 132 valence electrons. The lowest BCUT2D eigenvalue weighted by atomic mass is 9.76. The third-order valence-electron chi connectivity index (χ3n) is 5.36. The molecule has 0 aliphatic carbocycles. The number of benzene rings is 1. The van der Waals surface area contributed by atoms with E-state index in [4.69, 9.17) is 0 Å². The topological polar surface area (TPSA) is 95.0 Å². The van der Waals surface area contributed by atoms with E-state index in [-0.39, 0.29) is 19.0 Å². The number of carbonyl (C=O) groups is 4. The number of amides is 3. The molecule has 0 bridgehead atoms. The Labute approximate surface area is 145 Å². The van der Waals surface area contributed by atoms with Crippen LogP contribution in [-0.4, -0.2) is 58.2 Å². The van der Waals surface area contributed by atoms with E-state index in [2.05, 4.69) is 0 Å². The molecule has 7 nitrogen and oxygen atoms in total. The van der Waals surface area contributed by atoms with Gasteiger partial charge in [0.1, 0.15) is 6.54 Å². The van der Waals surface area contributed by atoms with Crippen LogP contribution in [0.2, 0.25) is 0 Å². The molecule has 3 amide bonds. The highest BCUT2D eigenvalue weighted by molar-refractivity contribution is 6.22. The first kappa shape index (κ1) is 17.1. The van der Waals surface area contributed by atoms with Gasteiger partial charge in [-0.2, -0.15) is 0 Å². The summed E-state index contributed by atoms with van der Waals surface area (Å²) in [6.45, 7) is 3.70. The Hall–Kier alpha value is -2.70. The SMILES string of the molecule is CC(C)C1(C(=O)O)CCN(C(=O)CN2C(=O)c3ccccc3C2=O)C1. The minimum Gasteiger partial charge on any atom is -0.481 e. The molecular weight excluding hydrogens is 324 g/mol. The average Bonchev–Trinajstić information content (AvgIpc) is 3.13. The molecule has 25 heavy (non-hydrogen) atoms. The van der Waals surface area contributed by atoms with Gasteiger partial charge in [0.05, 0.1) is 16.5 Å². The fourth-order valence-electron chi connectivity index (χ4n) is 3.56. The van der Waals surface area contributed by atoms with Crippen molar-refractivity contribution in [1.29, 1.82) is 0 Å². The van der Waals surface area contributed by atoms with Crippen LogP contribution >= 0.6 is 0 Å². The molecule has 0 aromatic heterocycles. The molecule has 0 spiro atoms. The van der Waals surface area contributed by atoms with E-state index in [0.29, 0.717) is 24.1 Å². The molecule has 1 aromatic carbocycles. The van der Waals surface area contributed by atoms with Crippen molar-refractivity contribution in [2.24, 2.45) is 11.3 Å². The van der Waals surface area contributed by atoms with Crippen molar-refractivity contribution < 1.29 is 24.3 Å². The number of carbonyl (C=O) groups excluding carboxylic acids is 3. The maximum absolute atomic E-state index is 12.6. The van der Waals surface area contributed by atoms with Crippen molar-refractivity contribution in [3.63, 3.8) is 0 Å². The Morgan fingerprint density at radius 1 is 1.16 bits per heavy atom. The first-order valence-corrected chi connectivity index (χ1v) is 8.24. The first-order chi connectivity index (χ1) is 11.8. The van der Waals surface area contributed by atoms with Crippen molar-refractivity contribution in [3.05, 3.63) is 35.4 Å². The summed E-state index contributed by atoms with van der Waals surface area (Å²) < 4.78 is 0. The number of rotatable bonds is 4. The second-order valence-corrected chi connectivity index (χ2v) is 6.92. The maximum Gasteiger partial charge on any atom is 0.311 e. The smallest absolute Gasteiger partial charge is 0.311 e. The van der Waals surface area contributed by atoms with Gasteiger partial charge in [0.15, 0.2) is 0 Å². The van der Waals surface area contributed by atoms with E-state index in [1.54, 1.807) is 24.3 Å². The summed E-state index contributed by atoms with van der Waals surface area (Å²) in [5.41, 5.74) is -0.384. The number of imide groups is 1. The first-order valence-electron chi connectivity index (χ1n) is 8.24. The van der Waals surface area contributed by atoms with Crippen LogP contribution in [-0.2, 0) is 9.59 Å². The molecule has 1 unspecified atom stereocenters. The van der Waals surface area contributed by atoms with E-state index in [9.17, 15) is 24.3 Å². The monoisotopic (exact) mass is 344 g/mol. The number of carboxylic acid groups (broad SMARTS) is 1. The molecule has 1 aromatic rings. The summed E-state index contributed by atoms with van der Waals surface area (Å²) in [5.74, 6) is -2.41. The van der Waals surface area contributed by atoms with Crippen molar-refractivity contribution >= 4 is 23.7 Å². The molecule has 2 heterocycles. The number of hydrogen-bond acceptors (Lipinski definition) is 4. The van der Waals surface area contributed by atoms with E-state index >= 15 is 0 Å². The summed E-state index contributed by atoms with van der Waals surface area (Å²) in [5, 5.41) is 9.56. The molecule has 3 rings (SSSR count). The van der Waals surface area contributed by atoms with E-state index in [0.717, 1.165) is 4.90 Å². The quantitative estimate of drug-likeness (QED) is 0.829. The molecule has 0 saturated carbocycles. The largest absolute Gasteiger partial charge is 0.481 e. The Kier molecular flexibility index (Phi) is 4.10. The number of fused-ring (bicyclic) bond motifs is 1. The summed E-state index contributed by atoms with van der Waals surface area (Å²) >= 11 is 0. The number of likely N-dealkylation sites (tertiary alicyclic amines) is 1. The van der Waals surface area contributed by atoms with Crippen molar-refractivity contribution in [3.8, 4) is 0 Å². The molecule has 1 fully saturated rings. The van der Waals surface area contributed by atoms with Gasteiger partial charge in [-0.3, -0.25) is 24.1 Å². The van der Waals surface area contributed by atoms with Gasteiger partial charge in [-0.05, 0) is 24.5 Å². The van der Waals surface area contributed by atoms with E-state index in [1.165, 1.54) is 4.90 Å². The fraction of sp³-hybridized carbons (Fsp3) is 0.444. The minimum absolute atomic E-state index is 0.0992. The van der Waals surface area contributed by atoms with E-state index < -0.39 is 29.1 Å². The summed E-state index contributed by atoms with van der Waals surface area (Å²) in [7, 11) is 0. The van der Waals surface area contributed by atoms with Gasteiger partial charge < -0.3 is 10.0 Å². The van der Waals surface area contributed by atoms with Crippen LogP contribution in [0.5, 0.6) is 0 Å². The van der Waals surface area contributed by atoms with Gasteiger partial charge >= 0.3 is 5.97 Å². The third-order valence-corrected chi connectivity index (χ3v) is 5.36. The molecule has 2 aliphatic rings. The van der Waals surface area contributed by atoms with Crippen LogP contribution in [0.1, 0.15) is 41.0 Å². The molecule has 1 saturated heterocycles. The highest BCUT2D eigenvalue weighted by Crippen LogP contribution is 2.38. The number of hydrogen-bond donors (Lipinski definition) is 1. The zero-order chi connectivity index (χ0) is 18.4. The van der Waals surface area contributed by atoms with Crippen LogP contribution in [0.3, 0.4) is 0 Å². The van der Waals surface area contributed by atoms with Crippen LogP contribution in [0.4, 0.5) is 0 Å². The minimum atomic E-state index is -0.975. The van der Waals surface area contributed by atoms with Gasteiger partial charge in [0.2, 0.25) is 5.91 Å². The maximum atomic E-state index is 12.6.